The van der Waals surface area contributed by atoms with Crippen LogP contribution in [0.2, 0.25) is 0 Å². The van der Waals surface area contributed by atoms with Crippen molar-refractivity contribution in [3.05, 3.63) is 35.9 Å². The molecule has 2 unspecified atom stereocenters. The average molecular weight is 276 g/mol. The zero-order valence-corrected chi connectivity index (χ0v) is 11.7. The number of carboxylic acid groups (broad SMARTS) is 1. The first kappa shape index (κ1) is 14.4. The zero-order chi connectivity index (χ0) is 14.8. The highest BCUT2D eigenvalue weighted by molar-refractivity contribution is 5.77. The van der Waals surface area contributed by atoms with Crippen molar-refractivity contribution >= 4 is 12.0 Å². The van der Waals surface area contributed by atoms with E-state index in [0.717, 1.165) is 6.42 Å². The average Bonchev–Trinajstić information content (AvgIpc) is 3.06. The van der Waals surface area contributed by atoms with Crippen LogP contribution >= 0.6 is 0 Å². The third-order valence-corrected chi connectivity index (χ3v) is 3.38. The highest BCUT2D eigenvalue weighted by Crippen LogP contribution is 2.40. The summed E-state index contributed by atoms with van der Waals surface area (Å²) in [5.41, 5.74) is 0.468. The van der Waals surface area contributed by atoms with Crippen molar-refractivity contribution in [1.29, 1.82) is 0 Å². The molecule has 0 radical (unpaired) electrons. The van der Waals surface area contributed by atoms with Gasteiger partial charge in [-0.25, -0.2) is 4.79 Å². The Balaban J connectivity index is 1.81. The molecule has 5 heteroatoms. The van der Waals surface area contributed by atoms with Crippen molar-refractivity contribution in [2.24, 2.45) is 0 Å². The predicted octanol–water partition coefficient (Wildman–Crippen LogP) is 2.09. The molecule has 1 aromatic rings. The first-order valence-corrected chi connectivity index (χ1v) is 6.73. The Kier molecular flexibility index (Phi) is 3.97. The monoisotopic (exact) mass is 276 g/mol. The van der Waals surface area contributed by atoms with Gasteiger partial charge in [0.25, 0.3) is 0 Å². The number of benzene rings is 1. The molecule has 0 saturated heterocycles. The van der Waals surface area contributed by atoms with Gasteiger partial charge in [-0.15, -0.1) is 0 Å². The van der Waals surface area contributed by atoms with E-state index in [1.54, 1.807) is 13.8 Å². The molecule has 1 saturated carbocycles. The Labute approximate surface area is 118 Å². The van der Waals surface area contributed by atoms with Crippen LogP contribution in [0.25, 0.3) is 0 Å². The molecule has 0 aliphatic heterocycles. The summed E-state index contributed by atoms with van der Waals surface area (Å²) in [6.07, 6.45) is 0.823. The van der Waals surface area contributed by atoms with Crippen molar-refractivity contribution in [3.63, 3.8) is 0 Å². The van der Waals surface area contributed by atoms with E-state index >= 15 is 0 Å². The van der Waals surface area contributed by atoms with E-state index < -0.39 is 11.5 Å². The van der Waals surface area contributed by atoms with Crippen LogP contribution < -0.4 is 10.6 Å². The molecule has 20 heavy (non-hydrogen) atoms. The van der Waals surface area contributed by atoms with Crippen LogP contribution in [0.3, 0.4) is 0 Å². The van der Waals surface area contributed by atoms with E-state index in [-0.39, 0.29) is 18.5 Å². The van der Waals surface area contributed by atoms with Crippen molar-refractivity contribution in [1.82, 2.24) is 10.6 Å². The van der Waals surface area contributed by atoms with Gasteiger partial charge in [-0.05, 0) is 25.8 Å². The molecule has 0 bridgehead atoms. The van der Waals surface area contributed by atoms with E-state index in [4.69, 9.17) is 5.11 Å². The Morgan fingerprint density at radius 3 is 2.55 bits per heavy atom. The Morgan fingerprint density at radius 1 is 1.30 bits per heavy atom. The van der Waals surface area contributed by atoms with Gasteiger partial charge in [-0.3, -0.25) is 4.79 Å². The number of hydrogen-bond acceptors (Lipinski definition) is 2. The summed E-state index contributed by atoms with van der Waals surface area (Å²) in [5, 5.41) is 14.4. The van der Waals surface area contributed by atoms with Gasteiger partial charge in [0.15, 0.2) is 0 Å². The summed E-state index contributed by atoms with van der Waals surface area (Å²) >= 11 is 0. The number of carboxylic acids is 1. The normalized spacial score (nSPS) is 21.1. The van der Waals surface area contributed by atoms with Gasteiger partial charge < -0.3 is 15.7 Å². The van der Waals surface area contributed by atoms with Crippen LogP contribution in [0.4, 0.5) is 4.79 Å². The molecule has 5 nitrogen and oxygen atoms in total. The molecule has 0 aromatic heterocycles. The number of amides is 2. The van der Waals surface area contributed by atoms with Crippen molar-refractivity contribution in [3.8, 4) is 0 Å². The molecule has 108 valence electrons. The summed E-state index contributed by atoms with van der Waals surface area (Å²) in [6, 6.07) is 9.88. The summed E-state index contributed by atoms with van der Waals surface area (Å²) in [5.74, 6) is -0.562. The quantitative estimate of drug-likeness (QED) is 0.770. The molecular weight excluding hydrogens is 256 g/mol. The zero-order valence-electron chi connectivity index (χ0n) is 11.7. The third-order valence-electron chi connectivity index (χ3n) is 3.38. The molecule has 1 fully saturated rings. The maximum atomic E-state index is 11.9. The molecule has 2 atom stereocenters. The van der Waals surface area contributed by atoms with Gasteiger partial charge in [-0.2, -0.15) is 0 Å². The van der Waals surface area contributed by atoms with E-state index in [0.29, 0.717) is 5.92 Å². The van der Waals surface area contributed by atoms with Crippen LogP contribution in [-0.4, -0.2) is 28.7 Å². The molecule has 1 aliphatic rings. The number of hydrogen-bond donors (Lipinski definition) is 3. The number of carbonyl (C=O) groups is 2. The van der Waals surface area contributed by atoms with Gasteiger partial charge in [0.1, 0.15) is 0 Å². The minimum Gasteiger partial charge on any atom is -0.481 e. The minimum atomic E-state index is -0.927. The van der Waals surface area contributed by atoms with Crippen molar-refractivity contribution in [2.45, 2.75) is 44.2 Å². The minimum absolute atomic E-state index is 0.104. The van der Waals surface area contributed by atoms with E-state index in [9.17, 15) is 9.59 Å². The molecular formula is C15H20N2O3. The summed E-state index contributed by atoms with van der Waals surface area (Å²) < 4.78 is 0. The molecule has 0 heterocycles. The van der Waals surface area contributed by atoms with E-state index in [2.05, 4.69) is 22.8 Å². The Hall–Kier alpha value is -2.04. The van der Waals surface area contributed by atoms with Gasteiger partial charge in [0.05, 0.1) is 6.42 Å². The summed E-state index contributed by atoms with van der Waals surface area (Å²) in [4.78, 5) is 22.5. The Bertz CT molecular complexity index is 499. The molecule has 2 rings (SSSR count). The first-order valence-electron chi connectivity index (χ1n) is 6.73. The van der Waals surface area contributed by atoms with Crippen LogP contribution in [0.5, 0.6) is 0 Å². The van der Waals surface area contributed by atoms with E-state index in [1.807, 2.05) is 18.2 Å². The number of rotatable bonds is 5. The molecule has 0 spiro atoms. The SMILES string of the molecule is CC(C)(CC(=O)O)NC(=O)NC1CC1c1ccccc1. The fourth-order valence-electron chi connectivity index (χ4n) is 2.36. The van der Waals surface area contributed by atoms with E-state index in [1.165, 1.54) is 5.56 Å². The topological polar surface area (TPSA) is 78.4 Å². The highest BCUT2D eigenvalue weighted by Gasteiger charge is 2.40. The standard InChI is InChI=1S/C15H20N2O3/c1-15(2,9-13(18)19)17-14(20)16-12-8-11(12)10-6-4-3-5-7-10/h3-7,11-12H,8-9H2,1-2H3,(H,18,19)(H2,16,17,20). The molecule has 2 amide bonds. The molecule has 1 aromatic carbocycles. The highest BCUT2D eigenvalue weighted by atomic mass is 16.4. The molecule has 3 N–H and O–H groups in total. The number of nitrogens with one attached hydrogen (secondary N) is 2. The lowest BCUT2D eigenvalue weighted by Gasteiger charge is -2.24. The lowest BCUT2D eigenvalue weighted by Crippen LogP contribution is -2.50. The first-order chi connectivity index (χ1) is 9.37. The van der Waals surface area contributed by atoms with Crippen LogP contribution in [-0.2, 0) is 4.79 Å². The van der Waals surface area contributed by atoms with Gasteiger partial charge in [-0.1, -0.05) is 30.3 Å². The largest absolute Gasteiger partial charge is 0.481 e. The number of carbonyl (C=O) groups excluding carboxylic acids is 1. The lowest BCUT2D eigenvalue weighted by atomic mass is 10.0. The molecule has 1 aliphatic carbocycles. The summed E-state index contributed by atoms with van der Waals surface area (Å²) in [6.45, 7) is 3.39. The van der Waals surface area contributed by atoms with Crippen LogP contribution in [0.15, 0.2) is 30.3 Å². The van der Waals surface area contributed by atoms with Gasteiger partial charge in [0.2, 0.25) is 0 Å². The fraction of sp³-hybridized carbons (Fsp3) is 0.467. The summed E-state index contributed by atoms with van der Waals surface area (Å²) in [7, 11) is 0. The number of urea groups is 1. The maximum Gasteiger partial charge on any atom is 0.315 e. The smallest absolute Gasteiger partial charge is 0.315 e. The maximum absolute atomic E-state index is 11.9. The number of aliphatic carboxylic acids is 1. The second-order valence-corrected chi connectivity index (χ2v) is 5.91. The van der Waals surface area contributed by atoms with Crippen LogP contribution in [0.1, 0.15) is 38.2 Å². The van der Waals surface area contributed by atoms with Crippen LogP contribution in [0, 0.1) is 0 Å². The van der Waals surface area contributed by atoms with Crippen molar-refractivity contribution in [2.75, 3.05) is 0 Å². The second-order valence-electron chi connectivity index (χ2n) is 5.91. The van der Waals surface area contributed by atoms with Gasteiger partial charge >= 0.3 is 12.0 Å². The van der Waals surface area contributed by atoms with Gasteiger partial charge in [0, 0.05) is 17.5 Å². The third kappa shape index (κ3) is 3.98. The Morgan fingerprint density at radius 2 is 1.95 bits per heavy atom. The second kappa shape index (κ2) is 5.53. The lowest BCUT2D eigenvalue weighted by molar-refractivity contribution is -0.138. The van der Waals surface area contributed by atoms with Crippen molar-refractivity contribution < 1.29 is 14.7 Å². The fourth-order valence-corrected chi connectivity index (χ4v) is 2.36. The predicted molar refractivity (Wildman–Crippen MR) is 75.6 cm³/mol.